The van der Waals surface area contributed by atoms with E-state index in [4.69, 9.17) is 0 Å². The molecule has 0 radical (unpaired) electrons. The zero-order valence-corrected chi connectivity index (χ0v) is 15.1. The fourth-order valence-corrected chi connectivity index (χ4v) is 3.59. The van der Waals surface area contributed by atoms with Crippen LogP contribution in [0.4, 0.5) is 4.79 Å². The molecule has 8 heteroatoms. The van der Waals surface area contributed by atoms with Crippen LogP contribution in [0.3, 0.4) is 0 Å². The predicted molar refractivity (Wildman–Crippen MR) is 93.8 cm³/mol. The third-order valence-corrected chi connectivity index (χ3v) is 5.12. The van der Waals surface area contributed by atoms with E-state index >= 15 is 0 Å². The fraction of sp³-hybridized carbons (Fsp3) is 0.625. The van der Waals surface area contributed by atoms with Crippen LogP contribution in [-0.2, 0) is 11.3 Å². The van der Waals surface area contributed by atoms with E-state index < -0.39 is 11.3 Å². The Morgan fingerprint density at radius 2 is 2.08 bits per heavy atom. The maximum absolute atomic E-state index is 12.2. The van der Waals surface area contributed by atoms with Crippen molar-refractivity contribution in [3.63, 3.8) is 0 Å². The van der Waals surface area contributed by atoms with E-state index in [0.29, 0.717) is 11.7 Å². The SMILES string of the molecule is C=CCn1c(C)nnc1S[C@H](C)C(=O)NC(=O)NC1CCCCC1. The lowest BCUT2D eigenvalue weighted by Crippen LogP contribution is -2.47. The number of thioether (sulfide) groups is 1. The largest absolute Gasteiger partial charge is 0.335 e. The molecule has 1 heterocycles. The van der Waals surface area contributed by atoms with Crippen molar-refractivity contribution >= 4 is 23.7 Å². The van der Waals surface area contributed by atoms with E-state index in [1.165, 1.54) is 18.2 Å². The van der Waals surface area contributed by atoms with Gasteiger partial charge in [-0.25, -0.2) is 4.79 Å². The van der Waals surface area contributed by atoms with Crippen molar-refractivity contribution in [1.29, 1.82) is 0 Å². The van der Waals surface area contributed by atoms with E-state index in [1.54, 1.807) is 13.0 Å². The van der Waals surface area contributed by atoms with Crippen molar-refractivity contribution in [1.82, 2.24) is 25.4 Å². The Kier molecular flexibility index (Phi) is 6.84. The molecule has 2 N–H and O–H groups in total. The smallest absolute Gasteiger partial charge is 0.321 e. The summed E-state index contributed by atoms with van der Waals surface area (Å²) in [4.78, 5) is 24.2. The highest BCUT2D eigenvalue weighted by atomic mass is 32.2. The van der Waals surface area contributed by atoms with Crippen molar-refractivity contribution in [3.05, 3.63) is 18.5 Å². The minimum Gasteiger partial charge on any atom is -0.335 e. The van der Waals surface area contributed by atoms with Crippen LogP contribution >= 0.6 is 11.8 Å². The summed E-state index contributed by atoms with van der Waals surface area (Å²) in [6.07, 6.45) is 7.19. The van der Waals surface area contributed by atoms with Crippen molar-refractivity contribution in [2.24, 2.45) is 0 Å². The van der Waals surface area contributed by atoms with Crippen LogP contribution in [0.15, 0.2) is 17.8 Å². The first-order chi connectivity index (χ1) is 11.5. The van der Waals surface area contributed by atoms with Gasteiger partial charge in [-0.15, -0.1) is 16.8 Å². The lowest BCUT2D eigenvalue weighted by molar-refractivity contribution is -0.119. The number of hydrogen-bond donors (Lipinski definition) is 2. The first-order valence-corrected chi connectivity index (χ1v) is 9.18. The predicted octanol–water partition coefficient (Wildman–Crippen LogP) is 2.41. The van der Waals surface area contributed by atoms with Crippen LogP contribution in [0.1, 0.15) is 44.9 Å². The van der Waals surface area contributed by atoms with Crippen molar-refractivity contribution < 1.29 is 9.59 Å². The number of carbonyl (C=O) groups excluding carboxylic acids is 2. The highest BCUT2D eigenvalue weighted by molar-refractivity contribution is 8.00. The van der Waals surface area contributed by atoms with Gasteiger partial charge < -0.3 is 9.88 Å². The molecule has 0 saturated heterocycles. The van der Waals surface area contributed by atoms with Crippen LogP contribution in [0.2, 0.25) is 0 Å². The van der Waals surface area contributed by atoms with Gasteiger partial charge in [0, 0.05) is 12.6 Å². The standard InChI is InChI=1S/C16H25N5O2S/c1-4-10-21-12(3)19-20-16(21)24-11(2)14(22)18-15(23)17-13-8-6-5-7-9-13/h4,11,13H,1,5-10H2,2-3H3,(H2,17,18,22,23)/t11-/m1/s1. The van der Waals surface area contributed by atoms with Gasteiger partial charge in [-0.2, -0.15) is 0 Å². The number of rotatable bonds is 6. The van der Waals surface area contributed by atoms with Gasteiger partial charge in [-0.1, -0.05) is 37.1 Å². The summed E-state index contributed by atoms with van der Waals surface area (Å²) in [5.74, 6) is 0.430. The highest BCUT2D eigenvalue weighted by Gasteiger charge is 2.22. The molecule has 0 bridgehead atoms. The van der Waals surface area contributed by atoms with Crippen LogP contribution < -0.4 is 10.6 Å². The fourth-order valence-electron chi connectivity index (χ4n) is 2.68. The van der Waals surface area contributed by atoms with Gasteiger partial charge in [0.15, 0.2) is 5.16 Å². The van der Waals surface area contributed by atoms with Gasteiger partial charge >= 0.3 is 6.03 Å². The maximum Gasteiger partial charge on any atom is 0.321 e. The molecule has 1 aromatic rings. The number of allylic oxidation sites excluding steroid dienone is 1. The number of aryl methyl sites for hydroxylation is 1. The number of hydrogen-bond acceptors (Lipinski definition) is 5. The molecule has 3 amide bonds. The van der Waals surface area contributed by atoms with Crippen LogP contribution in [0.25, 0.3) is 0 Å². The van der Waals surface area contributed by atoms with E-state index in [1.807, 2.05) is 11.5 Å². The van der Waals surface area contributed by atoms with E-state index in [9.17, 15) is 9.59 Å². The van der Waals surface area contributed by atoms with Crippen molar-refractivity contribution in [2.75, 3.05) is 0 Å². The number of imide groups is 1. The minimum absolute atomic E-state index is 0.174. The Morgan fingerprint density at radius 3 is 2.75 bits per heavy atom. The summed E-state index contributed by atoms with van der Waals surface area (Å²) in [5, 5.41) is 13.6. The van der Waals surface area contributed by atoms with Gasteiger partial charge in [0.2, 0.25) is 5.91 Å². The van der Waals surface area contributed by atoms with Gasteiger partial charge in [0.05, 0.1) is 5.25 Å². The van der Waals surface area contributed by atoms with E-state index in [-0.39, 0.29) is 11.9 Å². The first-order valence-electron chi connectivity index (χ1n) is 8.30. The molecule has 1 saturated carbocycles. The molecule has 0 aliphatic heterocycles. The second-order valence-electron chi connectivity index (χ2n) is 5.99. The Balaban J connectivity index is 1.85. The number of nitrogens with one attached hydrogen (secondary N) is 2. The Hall–Kier alpha value is -1.83. The lowest BCUT2D eigenvalue weighted by Gasteiger charge is -2.23. The maximum atomic E-state index is 12.2. The molecule has 1 atom stereocenters. The Labute approximate surface area is 146 Å². The molecule has 1 fully saturated rings. The first kappa shape index (κ1) is 18.5. The Bertz CT molecular complexity index is 595. The molecule has 7 nitrogen and oxygen atoms in total. The average molecular weight is 351 g/mol. The monoisotopic (exact) mass is 351 g/mol. The van der Waals surface area contributed by atoms with Crippen LogP contribution in [0.5, 0.6) is 0 Å². The molecule has 0 spiro atoms. The molecule has 1 aliphatic rings. The number of amides is 3. The normalized spacial score (nSPS) is 16.4. The van der Waals surface area contributed by atoms with Crippen LogP contribution in [-0.4, -0.2) is 38.0 Å². The van der Waals surface area contributed by atoms with E-state index in [2.05, 4.69) is 27.4 Å². The summed E-state index contributed by atoms with van der Waals surface area (Å²) in [7, 11) is 0. The highest BCUT2D eigenvalue weighted by Crippen LogP contribution is 2.22. The lowest BCUT2D eigenvalue weighted by atomic mass is 9.96. The number of urea groups is 1. The topological polar surface area (TPSA) is 88.9 Å². The molecule has 0 unspecified atom stereocenters. The van der Waals surface area contributed by atoms with Gasteiger partial charge in [0.25, 0.3) is 0 Å². The number of aromatic nitrogens is 3. The summed E-state index contributed by atoms with van der Waals surface area (Å²) in [6.45, 7) is 7.89. The average Bonchev–Trinajstić information content (AvgIpc) is 2.89. The van der Waals surface area contributed by atoms with Crippen molar-refractivity contribution in [2.45, 2.75) is 68.9 Å². The van der Waals surface area contributed by atoms with Crippen LogP contribution in [0, 0.1) is 6.92 Å². The molecule has 2 rings (SSSR count). The van der Waals surface area contributed by atoms with E-state index in [0.717, 1.165) is 31.5 Å². The van der Waals surface area contributed by atoms with Gasteiger partial charge in [0.1, 0.15) is 5.82 Å². The summed E-state index contributed by atoms with van der Waals surface area (Å²) in [6, 6.07) is -0.240. The molecule has 132 valence electrons. The summed E-state index contributed by atoms with van der Waals surface area (Å²) in [5.41, 5.74) is 0. The molecule has 24 heavy (non-hydrogen) atoms. The zero-order valence-electron chi connectivity index (χ0n) is 14.2. The molecule has 1 aliphatic carbocycles. The number of nitrogens with zero attached hydrogens (tertiary/aromatic N) is 3. The quantitative estimate of drug-likeness (QED) is 0.607. The second-order valence-corrected chi connectivity index (χ2v) is 7.29. The van der Waals surface area contributed by atoms with Crippen molar-refractivity contribution in [3.8, 4) is 0 Å². The zero-order chi connectivity index (χ0) is 17.5. The third kappa shape index (κ3) is 5.09. The molecule has 0 aromatic carbocycles. The molecular formula is C16H25N5O2S. The minimum atomic E-state index is -0.450. The molecular weight excluding hydrogens is 326 g/mol. The van der Waals surface area contributed by atoms with Gasteiger partial charge in [-0.3, -0.25) is 10.1 Å². The number of carbonyl (C=O) groups is 2. The Morgan fingerprint density at radius 1 is 1.38 bits per heavy atom. The summed E-state index contributed by atoms with van der Waals surface area (Å²) >= 11 is 1.28. The third-order valence-electron chi connectivity index (χ3n) is 4.04. The molecule has 1 aromatic heterocycles. The van der Waals surface area contributed by atoms with Gasteiger partial charge in [-0.05, 0) is 26.7 Å². The summed E-state index contributed by atoms with van der Waals surface area (Å²) < 4.78 is 1.88. The second kappa shape index (κ2) is 8.86.